The van der Waals surface area contributed by atoms with Gasteiger partial charge in [0, 0.05) is 0 Å². The first-order chi connectivity index (χ1) is 11.8. The number of aliphatic hydroxyl groups is 7. The van der Waals surface area contributed by atoms with Crippen LogP contribution in [0.25, 0.3) is 0 Å². The van der Waals surface area contributed by atoms with Gasteiger partial charge in [0.05, 0.1) is 25.4 Å². The Balaban J connectivity index is 1.80. The second kappa shape index (κ2) is 6.91. The summed E-state index contributed by atoms with van der Waals surface area (Å²) in [4.78, 5) is 0. The zero-order valence-electron chi connectivity index (χ0n) is 13.1. The van der Waals surface area contributed by atoms with Crippen molar-refractivity contribution < 1.29 is 50.0 Å². The molecule has 9 atom stereocenters. The molecule has 0 aromatic carbocycles. The monoisotopic (exact) mass is 362 g/mol. The molecule has 0 radical (unpaired) electrons. The molecule has 1 aliphatic carbocycles. The van der Waals surface area contributed by atoms with Crippen LogP contribution < -0.4 is 0 Å². The van der Waals surface area contributed by atoms with Gasteiger partial charge in [-0.3, -0.25) is 0 Å². The normalized spacial score (nSPS) is 49.5. The fourth-order valence-electron chi connectivity index (χ4n) is 3.39. The van der Waals surface area contributed by atoms with Crippen molar-refractivity contribution in [3.8, 4) is 0 Å². The van der Waals surface area contributed by atoms with Crippen molar-refractivity contribution in [3.63, 3.8) is 0 Å². The van der Waals surface area contributed by atoms with Crippen molar-refractivity contribution >= 4 is 0 Å². The van der Waals surface area contributed by atoms with Crippen LogP contribution in [0, 0.1) is 5.92 Å². The van der Waals surface area contributed by atoms with E-state index in [9.17, 15) is 35.7 Å². The van der Waals surface area contributed by atoms with Gasteiger partial charge < -0.3 is 50.0 Å². The van der Waals surface area contributed by atoms with E-state index in [0.29, 0.717) is 0 Å². The smallest absolute Gasteiger partial charge is 0.211 e. The standard InChI is InChI=1S/C15H22O10/c16-4-6-3-8(18)15(22)1-2-23-13(9(6)15)25-14-12(21)11(20)10(19)7(5-17)24-14/h1-3,7-14,16-22H,4-5H2/t7-,8+,9-,10+,11-,12+,13-,14-,15+/m0/s1. The average Bonchev–Trinajstić information content (AvgIpc) is 2.87. The summed E-state index contributed by atoms with van der Waals surface area (Å²) in [5.74, 6) is -0.982. The molecule has 25 heavy (non-hydrogen) atoms. The van der Waals surface area contributed by atoms with E-state index in [1.54, 1.807) is 0 Å². The summed E-state index contributed by atoms with van der Waals surface area (Å²) in [6, 6.07) is 0. The van der Waals surface area contributed by atoms with Crippen molar-refractivity contribution in [3.05, 3.63) is 24.0 Å². The van der Waals surface area contributed by atoms with Gasteiger partial charge in [-0.2, -0.15) is 0 Å². The highest BCUT2D eigenvalue weighted by Gasteiger charge is 2.55. The second-order valence-electron chi connectivity index (χ2n) is 6.35. The summed E-state index contributed by atoms with van der Waals surface area (Å²) in [5.41, 5.74) is -1.50. The molecule has 0 aromatic rings. The molecule has 3 rings (SSSR count). The molecule has 0 bridgehead atoms. The average molecular weight is 362 g/mol. The number of ether oxygens (including phenoxy) is 3. The summed E-state index contributed by atoms with van der Waals surface area (Å²) in [5, 5.41) is 69.0. The molecule has 7 N–H and O–H groups in total. The molecule has 1 saturated heterocycles. The maximum absolute atomic E-state index is 10.6. The van der Waals surface area contributed by atoms with Crippen LogP contribution in [-0.4, -0.2) is 97.7 Å². The minimum absolute atomic E-state index is 0.272. The van der Waals surface area contributed by atoms with E-state index in [-0.39, 0.29) is 5.57 Å². The Morgan fingerprint density at radius 1 is 1.04 bits per heavy atom. The lowest BCUT2D eigenvalue weighted by molar-refractivity contribution is -0.344. The fraction of sp³-hybridized carbons (Fsp3) is 0.733. The lowest BCUT2D eigenvalue weighted by Gasteiger charge is -2.44. The van der Waals surface area contributed by atoms with E-state index in [1.165, 1.54) is 12.2 Å². The molecule has 2 heterocycles. The minimum atomic E-state index is -1.77. The summed E-state index contributed by atoms with van der Waals surface area (Å²) < 4.78 is 16.0. The molecule has 1 fully saturated rings. The first kappa shape index (κ1) is 18.7. The Morgan fingerprint density at radius 2 is 1.76 bits per heavy atom. The molecule has 2 aliphatic heterocycles. The van der Waals surface area contributed by atoms with E-state index in [0.717, 1.165) is 6.26 Å². The number of rotatable bonds is 4. The quantitative estimate of drug-likeness (QED) is 0.247. The molecular formula is C15H22O10. The zero-order valence-corrected chi connectivity index (χ0v) is 13.1. The van der Waals surface area contributed by atoms with Crippen molar-refractivity contribution in [2.75, 3.05) is 13.2 Å². The highest BCUT2D eigenvalue weighted by Crippen LogP contribution is 2.43. The van der Waals surface area contributed by atoms with Gasteiger partial charge in [-0.25, -0.2) is 0 Å². The molecule has 0 unspecified atom stereocenters. The van der Waals surface area contributed by atoms with Crippen molar-refractivity contribution in [1.29, 1.82) is 0 Å². The van der Waals surface area contributed by atoms with Gasteiger partial charge in [0.25, 0.3) is 0 Å². The number of hydrogen-bond acceptors (Lipinski definition) is 10. The second-order valence-corrected chi connectivity index (χ2v) is 6.35. The highest BCUT2D eigenvalue weighted by atomic mass is 16.8. The number of hydrogen-bond donors (Lipinski definition) is 7. The third kappa shape index (κ3) is 2.99. The third-order valence-corrected chi connectivity index (χ3v) is 4.86. The topological polar surface area (TPSA) is 169 Å². The predicted octanol–water partition coefficient (Wildman–Crippen LogP) is -3.69. The number of fused-ring (bicyclic) bond motifs is 1. The van der Waals surface area contributed by atoms with Gasteiger partial charge in [0.15, 0.2) is 6.29 Å². The van der Waals surface area contributed by atoms with Gasteiger partial charge in [-0.1, -0.05) is 6.08 Å². The maximum atomic E-state index is 10.6. The summed E-state index contributed by atoms with van der Waals surface area (Å²) in [6.45, 7) is -1.08. The Labute approximate surface area is 142 Å². The van der Waals surface area contributed by atoms with Crippen molar-refractivity contribution in [2.45, 2.75) is 48.7 Å². The summed E-state index contributed by atoms with van der Waals surface area (Å²) in [7, 11) is 0. The maximum Gasteiger partial charge on any atom is 0.211 e. The molecule has 0 spiro atoms. The first-order valence-electron chi connectivity index (χ1n) is 7.84. The molecule has 0 aromatic heterocycles. The van der Waals surface area contributed by atoms with Gasteiger partial charge in [-0.15, -0.1) is 0 Å². The van der Waals surface area contributed by atoms with Crippen LogP contribution in [-0.2, 0) is 14.2 Å². The Hall–Kier alpha value is -1.08. The molecular weight excluding hydrogens is 340 g/mol. The van der Waals surface area contributed by atoms with E-state index in [2.05, 4.69) is 0 Å². The Kier molecular flexibility index (Phi) is 5.17. The molecule has 0 saturated carbocycles. The Morgan fingerprint density at radius 3 is 2.40 bits per heavy atom. The van der Waals surface area contributed by atoms with Gasteiger partial charge in [-0.05, 0) is 11.6 Å². The van der Waals surface area contributed by atoms with E-state index in [1.807, 2.05) is 0 Å². The lowest BCUT2D eigenvalue weighted by Crippen LogP contribution is -2.61. The molecule has 10 nitrogen and oxygen atoms in total. The molecule has 0 amide bonds. The van der Waals surface area contributed by atoms with Crippen LogP contribution in [0.1, 0.15) is 0 Å². The van der Waals surface area contributed by atoms with E-state index in [4.69, 9.17) is 14.2 Å². The highest BCUT2D eigenvalue weighted by molar-refractivity contribution is 5.33. The van der Waals surface area contributed by atoms with E-state index >= 15 is 0 Å². The van der Waals surface area contributed by atoms with Gasteiger partial charge in [0.2, 0.25) is 6.29 Å². The largest absolute Gasteiger partial charge is 0.472 e. The van der Waals surface area contributed by atoms with Gasteiger partial charge in [0.1, 0.15) is 36.1 Å². The van der Waals surface area contributed by atoms with Gasteiger partial charge >= 0.3 is 0 Å². The zero-order chi connectivity index (χ0) is 18.4. The molecule has 3 aliphatic rings. The SMILES string of the molecule is OCC1=C[C@@H](O)[C@]2(O)C=CO[C@@H](O[C@@H]3O[C@@H](CO)[C@@H](O)[C@H](O)[C@H]3O)[C@H]12. The summed E-state index contributed by atoms with van der Waals surface area (Å²) >= 11 is 0. The lowest BCUT2D eigenvalue weighted by atomic mass is 9.83. The first-order valence-corrected chi connectivity index (χ1v) is 7.84. The summed E-state index contributed by atoms with van der Waals surface area (Å²) in [6.07, 6.45) is -6.37. The number of aliphatic hydroxyl groups excluding tert-OH is 6. The van der Waals surface area contributed by atoms with E-state index < -0.39 is 67.8 Å². The fourth-order valence-corrected chi connectivity index (χ4v) is 3.39. The van der Waals surface area contributed by atoms with Crippen LogP contribution in [0.2, 0.25) is 0 Å². The van der Waals surface area contributed by atoms with Crippen LogP contribution >= 0.6 is 0 Å². The van der Waals surface area contributed by atoms with Crippen LogP contribution in [0.4, 0.5) is 0 Å². The van der Waals surface area contributed by atoms with Crippen LogP contribution in [0.5, 0.6) is 0 Å². The van der Waals surface area contributed by atoms with Crippen molar-refractivity contribution in [2.24, 2.45) is 5.92 Å². The van der Waals surface area contributed by atoms with Crippen LogP contribution in [0.15, 0.2) is 24.0 Å². The Bertz CT molecular complexity index is 548. The molecule has 10 heteroatoms. The third-order valence-electron chi connectivity index (χ3n) is 4.86. The predicted molar refractivity (Wildman–Crippen MR) is 78.5 cm³/mol. The van der Waals surface area contributed by atoms with Crippen molar-refractivity contribution in [1.82, 2.24) is 0 Å². The van der Waals surface area contributed by atoms with Crippen LogP contribution in [0.3, 0.4) is 0 Å². The molecule has 142 valence electrons. The minimum Gasteiger partial charge on any atom is -0.472 e.